The number of fused-ring (bicyclic) bond motifs is 1. The lowest BCUT2D eigenvalue weighted by molar-refractivity contribution is 0.0880. The predicted molar refractivity (Wildman–Crippen MR) is 77.8 cm³/mol. The summed E-state index contributed by atoms with van der Waals surface area (Å²) in [6.07, 6.45) is 3.51. The van der Waals surface area contributed by atoms with E-state index in [0.717, 1.165) is 30.2 Å². The molecule has 1 N–H and O–H groups in total. The molecule has 4 nitrogen and oxygen atoms in total. The van der Waals surface area contributed by atoms with Crippen molar-refractivity contribution in [2.75, 3.05) is 6.61 Å². The van der Waals surface area contributed by atoms with Crippen molar-refractivity contribution in [3.8, 4) is 0 Å². The van der Waals surface area contributed by atoms with Gasteiger partial charge in [-0.05, 0) is 34.1 Å². The van der Waals surface area contributed by atoms with Crippen molar-refractivity contribution >= 4 is 16.3 Å². The summed E-state index contributed by atoms with van der Waals surface area (Å²) < 4.78 is 7.89. The molecule has 2 aromatic rings. The lowest BCUT2D eigenvalue weighted by Crippen LogP contribution is -2.47. The third-order valence-electron chi connectivity index (χ3n) is 4.29. The molecule has 1 fully saturated rings. The molecule has 0 saturated carbocycles. The van der Waals surface area contributed by atoms with Gasteiger partial charge in [0.25, 0.3) is 0 Å². The normalized spacial score (nSPS) is 27.5. The van der Waals surface area contributed by atoms with E-state index in [-0.39, 0.29) is 11.6 Å². The highest BCUT2D eigenvalue weighted by atomic mass is 32.1. The molecule has 3 heterocycles. The van der Waals surface area contributed by atoms with E-state index < -0.39 is 0 Å². The van der Waals surface area contributed by atoms with Crippen LogP contribution in [0.15, 0.2) is 6.20 Å². The third kappa shape index (κ3) is 2.20. The highest BCUT2D eigenvalue weighted by Crippen LogP contribution is 2.26. The number of thiazole rings is 1. The van der Waals surface area contributed by atoms with Gasteiger partial charge < -0.3 is 10.1 Å². The molecule has 19 heavy (non-hydrogen) atoms. The second kappa shape index (κ2) is 4.58. The zero-order valence-electron chi connectivity index (χ0n) is 12.0. The van der Waals surface area contributed by atoms with E-state index in [1.165, 1.54) is 10.6 Å². The van der Waals surface area contributed by atoms with E-state index in [1.54, 1.807) is 11.3 Å². The van der Waals surface area contributed by atoms with E-state index in [9.17, 15) is 0 Å². The molecular weight excluding hydrogens is 258 g/mol. The van der Waals surface area contributed by atoms with Gasteiger partial charge in [0, 0.05) is 29.8 Å². The second-order valence-corrected chi connectivity index (χ2v) is 6.89. The van der Waals surface area contributed by atoms with Crippen molar-refractivity contribution in [1.82, 2.24) is 14.7 Å². The highest BCUT2D eigenvalue weighted by molar-refractivity contribution is 7.17. The van der Waals surface area contributed by atoms with Crippen LogP contribution in [0.1, 0.15) is 36.5 Å². The number of aryl methyl sites for hydroxylation is 2. The summed E-state index contributed by atoms with van der Waals surface area (Å²) in [5.41, 5.74) is 2.45. The molecule has 2 unspecified atom stereocenters. The quantitative estimate of drug-likeness (QED) is 0.939. The molecular formula is C14H21N3OS. The van der Waals surface area contributed by atoms with Crippen molar-refractivity contribution in [2.45, 2.75) is 52.3 Å². The number of nitrogens with zero attached hydrogens (tertiary/aromatic N) is 2. The summed E-state index contributed by atoms with van der Waals surface area (Å²) in [6, 6.07) is 0. The molecule has 0 aliphatic carbocycles. The van der Waals surface area contributed by atoms with Crippen molar-refractivity contribution in [3.05, 3.63) is 22.5 Å². The van der Waals surface area contributed by atoms with Crippen LogP contribution >= 0.6 is 11.3 Å². The molecule has 1 aliphatic rings. The van der Waals surface area contributed by atoms with Crippen LogP contribution in [-0.4, -0.2) is 27.6 Å². The molecule has 1 saturated heterocycles. The molecule has 5 heteroatoms. The molecule has 104 valence electrons. The average molecular weight is 279 g/mol. The Morgan fingerprint density at radius 2 is 2.37 bits per heavy atom. The Labute approximate surface area is 117 Å². The molecule has 1 aliphatic heterocycles. The Hall–Kier alpha value is -0.910. The van der Waals surface area contributed by atoms with Crippen LogP contribution in [0.5, 0.6) is 0 Å². The largest absolute Gasteiger partial charge is 0.377 e. The number of aromatic nitrogens is 2. The van der Waals surface area contributed by atoms with E-state index in [4.69, 9.17) is 4.74 Å². The Morgan fingerprint density at radius 1 is 1.58 bits per heavy atom. The number of hydrogen-bond acceptors (Lipinski definition) is 4. The minimum absolute atomic E-state index is 0.0711. The summed E-state index contributed by atoms with van der Waals surface area (Å²) in [5, 5.41) is 3.67. The Balaban J connectivity index is 1.83. The summed E-state index contributed by atoms with van der Waals surface area (Å²) in [4.78, 5) is 7.02. The summed E-state index contributed by atoms with van der Waals surface area (Å²) >= 11 is 1.74. The first-order valence-electron chi connectivity index (χ1n) is 6.80. The lowest BCUT2D eigenvalue weighted by atomic mass is 9.94. The minimum atomic E-state index is 0.0711. The Bertz CT molecular complexity index is 603. The van der Waals surface area contributed by atoms with Crippen LogP contribution < -0.4 is 5.32 Å². The van der Waals surface area contributed by atoms with Crippen LogP contribution in [0.4, 0.5) is 0 Å². The molecule has 2 atom stereocenters. The third-order valence-corrected chi connectivity index (χ3v) is 5.19. The summed E-state index contributed by atoms with van der Waals surface area (Å²) in [6.45, 7) is 10.3. The van der Waals surface area contributed by atoms with Crippen molar-refractivity contribution in [2.24, 2.45) is 0 Å². The summed E-state index contributed by atoms with van der Waals surface area (Å²) in [7, 11) is 0. The highest BCUT2D eigenvalue weighted by Gasteiger charge is 2.36. The van der Waals surface area contributed by atoms with Crippen molar-refractivity contribution in [1.29, 1.82) is 0 Å². The first-order chi connectivity index (χ1) is 8.99. The summed E-state index contributed by atoms with van der Waals surface area (Å²) in [5.74, 6) is 0. The minimum Gasteiger partial charge on any atom is -0.377 e. The van der Waals surface area contributed by atoms with Gasteiger partial charge in [0.2, 0.25) is 0 Å². The first-order valence-corrected chi connectivity index (χ1v) is 7.62. The van der Waals surface area contributed by atoms with Gasteiger partial charge in [-0.2, -0.15) is 0 Å². The molecule has 0 radical (unpaired) electrons. The lowest BCUT2D eigenvalue weighted by Gasteiger charge is -2.29. The maximum absolute atomic E-state index is 5.68. The Morgan fingerprint density at radius 3 is 3.05 bits per heavy atom. The topological polar surface area (TPSA) is 38.6 Å². The van der Waals surface area contributed by atoms with Crippen LogP contribution in [0.3, 0.4) is 0 Å². The van der Waals surface area contributed by atoms with Gasteiger partial charge in [-0.1, -0.05) is 0 Å². The molecule has 0 bridgehead atoms. The van der Waals surface area contributed by atoms with E-state index in [0.29, 0.717) is 0 Å². The molecule has 0 aromatic carbocycles. The van der Waals surface area contributed by atoms with Crippen molar-refractivity contribution in [3.63, 3.8) is 0 Å². The Kier molecular flexibility index (Phi) is 3.15. The van der Waals surface area contributed by atoms with Gasteiger partial charge in [-0.25, -0.2) is 4.98 Å². The molecule has 2 aromatic heterocycles. The molecule has 0 spiro atoms. The van der Waals surface area contributed by atoms with Gasteiger partial charge >= 0.3 is 0 Å². The number of nitrogens with one attached hydrogen (secondary N) is 1. The predicted octanol–water partition coefficient (Wildman–Crippen LogP) is 2.67. The monoisotopic (exact) mass is 279 g/mol. The average Bonchev–Trinajstić information content (AvgIpc) is 2.92. The van der Waals surface area contributed by atoms with E-state index in [1.807, 2.05) is 0 Å². The van der Waals surface area contributed by atoms with E-state index in [2.05, 4.69) is 48.6 Å². The van der Waals surface area contributed by atoms with Gasteiger partial charge in [-0.3, -0.25) is 4.40 Å². The van der Waals surface area contributed by atoms with Crippen LogP contribution in [0.2, 0.25) is 0 Å². The fourth-order valence-corrected chi connectivity index (χ4v) is 3.56. The van der Waals surface area contributed by atoms with Gasteiger partial charge in [-0.15, -0.1) is 11.3 Å². The van der Waals surface area contributed by atoms with Gasteiger partial charge in [0.15, 0.2) is 4.96 Å². The van der Waals surface area contributed by atoms with Crippen LogP contribution in [-0.2, 0) is 11.3 Å². The van der Waals surface area contributed by atoms with Crippen LogP contribution in [0.25, 0.3) is 4.96 Å². The zero-order valence-corrected chi connectivity index (χ0v) is 12.8. The zero-order chi connectivity index (χ0) is 13.6. The number of imidazole rings is 1. The standard InChI is InChI=1S/C14H21N3OS/c1-9-8-17-12(10(2)16-13(17)19-9)7-15-14(4)5-6-18-11(14)3/h8,11,15H,5-7H2,1-4H3. The van der Waals surface area contributed by atoms with Crippen LogP contribution in [0, 0.1) is 13.8 Å². The van der Waals surface area contributed by atoms with Gasteiger partial charge in [0.1, 0.15) is 0 Å². The first kappa shape index (κ1) is 13.1. The fourth-order valence-electron chi connectivity index (χ4n) is 2.67. The second-order valence-electron chi connectivity index (χ2n) is 5.67. The fraction of sp³-hybridized carbons (Fsp3) is 0.643. The maximum atomic E-state index is 5.68. The number of rotatable bonds is 3. The van der Waals surface area contributed by atoms with Crippen molar-refractivity contribution < 1.29 is 4.74 Å². The number of hydrogen-bond donors (Lipinski definition) is 1. The maximum Gasteiger partial charge on any atom is 0.194 e. The molecule has 3 rings (SSSR count). The number of ether oxygens (including phenoxy) is 1. The SMILES string of the molecule is Cc1cn2c(CNC3(C)CCOC3C)c(C)nc2s1. The van der Waals surface area contributed by atoms with E-state index >= 15 is 0 Å². The molecule has 0 amide bonds. The smallest absolute Gasteiger partial charge is 0.194 e. The van der Waals surface area contributed by atoms with Gasteiger partial charge in [0.05, 0.1) is 17.5 Å².